The number of rotatable bonds is 0. The van der Waals surface area contributed by atoms with Crippen molar-refractivity contribution in [2.45, 2.75) is 19.6 Å². The quantitative estimate of drug-likeness (QED) is 0.447. The van der Waals surface area contributed by atoms with Gasteiger partial charge in [-0.15, -0.1) is 0 Å². The van der Waals surface area contributed by atoms with Crippen molar-refractivity contribution in [1.82, 2.24) is 0 Å². The van der Waals surface area contributed by atoms with Gasteiger partial charge in [0.05, 0.1) is 0 Å². The minimum absolute atomic E-state index is 0. The van der Waals surface area contributed by atoms with Gasteiger partial charge < -0.3 is 0 Å². The Balaban J connectivity index is 0. The van der Waals surface area contributed by atoms with Crippen molar-refractivity contribution in [2.75, 3.05) is 0 Å². The topological polar surface area (TPSA) is 0 Å². The van der Waals surface area contributed by atoms with Crippen molar-refractivity contribution in [3.63, 3.8) is 0 Å². The Hall–Kier alpha value is 0.801. The summed E-state index contributed by atoms with van der Waals surface area (Å²) in [7, 11) is -0.861. The van der Waals surface area contributed by atoms with E-state index in [-0.39, 0.29) is 18.6 Å². The van der Waals surface area contributed by atoms with Crippen molar-refractivity contribution in [1.29, 1.82) is 0 Å². The van der Waals surface area contributed by atoms with E-state index in [0.717, 1.165) is 0 Å². The summed E-state index contributed by atoms with van der Waals surface area (Å²) in [5.41, 5.74) is 0. The molecule has 36 valence electrons. The van der Waals surface area contributed by atoms with Gasteiger partial charge in [-0.1, -0.05) is 26.2 Å². The van der Waals surface area contributed by atoms with Crippen LogP contribution in [0.4, 0.5) is 0 Å². The Labute approximate surface area is 53.2 Å². The molecule has 0 aromatic carbocycles. The van der Waals surface area contributed by atoms with Crippen LogP contribution in [0.25, 0.3) is 0 Å². The standard InChI is InChI=1S/C4H11Si.V/c1-5(2,3)4;/h1H2,2-4H3;. The third-order valence-electron chi connectivity index (χ3n) is 0. The van der Waals surface area contributed by atoms with Crippen LogP contribution in [0.2, 0.25) is 19.6 Å². The molecule has 0 aliphatic heterocycles. The molecule has 0 aliphatic rings. The van der Waals surface area contributed by atoms with E-state index in [1.54, 1.807) is 0 Å². The van der Waals surface area contributed by atoms with Gasteiger partial charge in [-0.05, 0) is 0 Å². The maximum atomic E-state index is 3.91. The molecule has 0 aromatic rings. The predicted molar refractivity (Wildman–Crippen MR) is 28.7 cm³/mol. The summed E-state index contributed by atoms with van der Waals surface area (Å²) in [6.45, 7) is 10.6. The molecule has 0 fully saturated rings. The van der Waals surface area contributed by atoms with Gasteiger partial charge in [-0.25, -0.2) is 0 Å². The van der Waals surface area contributed by atoms with E-state index >= 15 is 0 Å². The third kappa shape index (κ3) is 108. The zero-order valence-corrected chi connectivity index (χ0v) is 7.05. The Kier molecular flexibility index (Phi) is 4.78. The molecular weight excluding hydrogens is 127 g/mol. The normalized spacial score (nSPS) is 10.0. The van der Waals surface area contributed by atoms with Gasteiger partial charge in [0.15, 0.2) is 0 Å². The smallest absolute Gasteiger partial charge is 0.0439 e. The van der Waals surface area contributed by atoms with E-state index in [1.807, 2.05) is 0 Å². The molecule has 0 aliphatic carbocycles. The van der Waals surface area contributed by atoms with Gasteiger partial charge in [-0.2, -0.15) is 0 Å². The minimum Gasteiger partial charge on any atom is -0.0696 e. The second-order valence-corrected chi connectivity index (χ2v) is 7.68. The molecule has 0 unspecified atom stereocenters. The molecule has 0 rings (SSSR count). The Morgan fingerprint density at radius 3 is 1.17 bits per heavy atom. The number of hydrogen-bond donors (Lipinski definition) is 0. The van der Waals surface area contributed by atoms with Crippen LogP contribution in [0, 0.1) is 6.55 Å². The molecule has 2 radical (unpaired) electrons. The van der Waals surface area contributed by atoms with Crippen LogP contribution < -0.4 is 0 Å². The zero-order chi connectivity index (χ0) is 4.50. The maximum Gasteiger partial charge on any atom is 0.0439 e. The van der Waals surface area contributed by atoms with Gasteiger partial charge in [0.25, 0.3) is 0 Å². The Bertz CT molecular complexity index is 23.0. The second kappa shape index (κ2) is 2.89. The van der Waals surface area contributed by atoms with Crippen molar-refractivity contribution in [2.24, 2.45) is 0 Å². The van der Waals surface area contributed by atoms with E-state index in [4.69, 9.17) is 0 Å². The molecule has 2 heteroatoms. The summed E-state index contributed by atoms with van der Waals surface area (Å²) in [4.78, 5) is 0. The van der Waals surface area contributed by atoms with Crippen LogP contribution in [-0.2, 0) is 18.6 Å². The fourth-order valence-electron chi connectivity index (χ4n) is 0. The summed E-state index contributed by atoms with van der Waals surface area (Å²) in [6, 6.07) is 0. The maximum absolute atomic E-state index is 3.91. The minimum atomic E-state index is -0.861. The largest absolute Gasteiger partial charge is 0.0696 e. The summed E-state index contributed by atoms with van der Waals surface area (Å²) < 4.78 is 0. The summed E-state index contributed by atoms with van der Waals surface area (Å²) >= 11 is 0. The van der Waals surface area contributed by atoms with Crippen LogP contribution in [0.5, 0.6) is 0 Å². The number of hydrogen-bond acceptors (Lipinski definition) is 0. The van der Waals surface area contributed by atoms with Gasteiger partial charge in [0.2, 0.25) is 0 Å². The Morgan fingerprint density at radius 2 is 1.17 bits per heavy atom. The summed E-state index contributed by atoms with van der Waals surface area (Å²) in [5, 5.41) is 0. The van der Waals surface area contributed by atoms with E-state index in [9.17, 15) is 0 Å². The average molecular weight is 138 g/mol. The van der Waals surface area contributed by atoms with E-state index in [2.05, 4.69) is 26.2 Å². The predicted octanol–water partition coefficient (Wildman–Crippen LogP) is 1.70. The van der Waals surface area contributed by atoms with E-state index in [0.29, 0.717) is 0 Å². The average Bonchev–Trinajstić information content (AvgIpc) is 0.722. The molecule has 0 nitrogen and oxygen atoms in total. The van der Waals surface area contributed by atoms with Gasteiger partial charge in [-0.3, -0.25) is 0 Å². The molecule has 0 saturated carbocycles. The van der Waals surface area contributed by atoms with Gasteiger partial charge in [0.1, 0.15) is 0 Å². The molecule has 0 saturated heterocycles. The summed E-state index contributed by atoms with van der Waals surface area (Å²) in [6.07, 6.45) is 0. The molecule has 0 amide bonds. The monoisotopic (exact) mass is 138 g/mol. The molecule has 0 heterocycles. The van der Waals surface area contributed by atoms with Crippen molar-refractivity contribution >= 4 is 8.07 Å². The van der Waals surface area contributed by atoms with E-state index < -0.39 is 8.07 Å². The molecule has 0 aromatic heterocycles. The van der Waals surface area contributed by atoms with Crippen LogP contribution in [0.3, 0.4) is 0 Å². The van der Waals surface area contributed by atoms with Crippen LogP contribution in [0.15, 0.2) is 0 Å². The van der Waals surface area contributed by atoms with Crippen molar-refractivity contribution in [3.05, 3.63) is 6.55 Å². The van der Waals surface area contributed by atoms with Crippen molar-refractivity contribution in [3.8, 4) is 0 Å². The first kappa shape index (κ1) is 9.93. The molecule has 0 N–H and O–H groups in total. The molecule has 0 bridgehead atoms. The second-order valence-electron chi connectivity index (χ2n) is 2.56. The van der Waals surface area contributed by atoms with Gasteiger partial charge >= 0.3 is 0 Å². The molecule has 6 heavy (non-hydrogen) atoms. The first-order valence-corrected chi connectivity index (χ1v) is 5.56. The summed E-state index contributed by atoms with van der Waals surface area (Å²) in [5.74, 6) is 0. The molecular formula is C4H11SiV. The first-order chi connectivity index (χ1) is 2.00. The van der Waals surface area contributed by atoms with Crippen LogP contribution in [-0.4, -0.2) is 8.07 Å². The van der Waals surface area contributed by atoms with Crippen molar-refractivity contribution < 1.29 is 18.6 Å². The van der Waals surface area contributed by atoms with E-state index in [1.165, 1.54) is 0 Å². The SMILES string of the molecule is [CH2][Si](C)(C)C.[V]. The fraction of sp³-hybridized carbons (Fsp3) is 0.750. The Morgan fingerprint density at radius 1 is 1.17 bits per heavy atom. The van der Waals surface area contributed by atoms with Crippen LogP contribution >= 0.6 is 0 Å². The third-order valence-corrected chi connectivity index (χ3v) is 0. The first-order valence-electron chi connectivity index (χ1n) is 1.85. The van der Waals surface area contributed by atoms with Crippen LogP contribution in [0.1, 0.15) is 0 Å². The van der Waals surface area contributed by atoms with Gasteiger partial charge in [0, 0.05) is 26.6 Å². The fourth-order valence-corrected chi connectivity index (χ4v) is 0. The molecule has 0 atom stereocenters. The zero-order valence-electron chi connectivity index (χ0n) is 4.65. The molecule has 0 spiro atoms.